The van der Waals surface area contributed by atoms with Crippen molar-refractivity contribution in [2.24, 2.45) is 0 Å². The lowest BCUT2D eigenvalue weighted by molar-refractivity contribution is -0.153. The molecule has 0 N–H and O–H groups in total. The van der Waals surface area contributed by atoms with Crippen molar-refractivity contribution in [3.63, 3.8) is 0 Å². The number of fused-ring (bicyclic) bond motifs is 1. The number of piperazine rings is 1. The summed E-state index contributed by atoms with van der Waals surface area (Å²) in [4.78, 5) is 30.8. The van der Waals surface area contributed by atoms with E-state index in [2.05, 4.69) is 4.90 Å². The van der Waals surface area contributed by atoms with Gasteiger partial charge in [-0.1, -0.05) is 29.8 Å². The molecule has 1 aromatic carbocycles. The van der Waals surface area contributed by atoms with Crippen molar-refractivity contribution >= 4 is 34.8 Å². The summed E-state index contributed by atoms with van der Waals surface area (Å²) < 4.78 is 6.38. The maximum Gasteiger partial charge on any atom is 0.339 e. The fourth-order valence-electron chi connectivity index (χ4n) is 3.75. The largest absolute Gasteiger partial charge is 0.445 e. The predicted molar refractivity (Wildman–Crippen MR) is 105 cm³/mol. The zero-order valence-electron chi connectivity index (χ0n) is 15.1. The molecule has 1 atom stereocenters. The van der Waals surface area contributed by atoms with Crippen molar-refractivity contribution in [3.8, 4) is 0 Å². The van der Waals surface area contributed by atoms with Crippen LogP contribution in [0.5, 0.6) is 0 Å². The molecule has 1 saturated heterocycles. The molecule has 142 valence electrons. The molecular formula is C20H21ClN2O3S. The number of benzene rings is 1. The molecule has 1 aromatic heterocycles. The van der Waals surface area contributed by atoms with Crippen LogP contribution in [0.4, 0.5) is 0 Å². The van der Waals surface area contributed by atoms with Crippen LogP contribution in [-0.2, 0) is 22.5 Å². The van der Waals surface area contributed by atoms with Crippen LogP contribution in [0.25, 0.3) is 0 Å². The molecule has 2 aliphatic heterocycles. The maximum absolute atomic E-state index is 13.1. The average Bonchev–Trinajstić information content (AvgIpc) is 3.06. The van der Waals surface area contributed by atoms with Gasteiger partial charge in [-0.2, -0.15) is 0 Å². The van der Waals surface area contributed by atoms with E-state index >= 15 is 0 Å². The number of carbonyl (C=O) groups is 2. The summed E-state index contributed by atoms with van der Waals surface area (Å²) in [6.45, 7) is 5.42. The molecule has 0 bridgehead atoms. The lowest BCUT2D eigenvalue weighted by Gasteiger charge is -2.40. The van der Waals surface area contributed by atoms with Gasteiger partial charge < -0.3 is 9.64 Å². The Bertz CT molecular complexity index is 876. The number of esters is 1. The van der Waals surface area contributed by atoms with E-state index in [9.17, 15) is 9.59 Å². The summed E-state index contributed by atoms with van der Waals surface area (Å²) in [5.41, 5.74) is 0.300. The van der Waals surface area contributed by atoms with Crippen LogP contribution in [0.2, 0.25) is 4.34 Å². The van der Waals surface area contributed by atoms with Crippen molar-refractivity contribution in [2.75, 3.05) is 26.2 Å². The van der Waals surface area contributed by atoms with Gasteiger partial charge in [-0.15, -0.1) is 11.3 Å². The molecule has 27 heavy (non-hydrogen) atoms. The SMILES string of the molecule is CC1(C(=O)N2CCN(Cc3ccc(Cl)s3)CC2)Cc2ccccc2C(=O)O1. The fourth-order valence-corrected chi connectivity index (χ4v) is 4.88. The second-order valence-electron chi connectivity index (χ2n) is 7.23. The molecule has 4 rings (SSSR count). The Labute approximate surface area is 167 Å². The van der Waals surface area contributed by atoms with Crippen LogP contribution in [0, 0.1) is 0 Å². The van der Waals surface area contributed by atoms with Gasteiger partial charge in [0.1, 0.15) is 0 Å². The predicted octanol–water partition coefficient (Wildman–Crippen LogP) is 3.22. The van der Waals surface area contributed by atoms with E-state index in [1.54, 1.807) is 24.3 Å². The highest BCUT2D eigenvalue weighted by Gasteiger charge is 2.45. The van der Waals surface area contributed by atoms with Crippen molar-refractivity contribution in [2.45, 2.75) is 25.5 Å². The Kier molecular flexibility index (Phi) is 4.97. The molecule has 2 aliphatic rings. The van der Waals surface area contributed by atoms with Crippen LogP contribution in [-0.4, -0.2) is 53.5 Å². The highest BCUT2D eigenvalue weighted by molar-refractivity contribution is 7.16. The van der Waals surface area contributed by atoms with Crippen molar-refractivity contribution in [3.05, 3.63) is 56.7 Å². The van der Waals surface area contributed by atoms with Gasteiger partial charge in [0.25, 0.3) is 5.91 Å². The number of cyclic esters (lactones) is 1. The Morgan fingerprint density at radius 3 is 2.63 bits per heavy atom. The molecule has 0 radical (unpaired) electrons. The van der Waals surface area contributed by atoms with Crippen LogP contribution in [0.15, 0.2) is 36.4 Å². The van der Waals surface area contributed by atoms with Crippen LogP contribution < -0.4 is 0 Å². The van der Waals surface area contributed by atoms with Crippen molar-refractivity contribution < 1.29 is 14.3 Å². The van der Waals surface area contributed by atoms with Gasteiger partial charge in [0.2, 0.25) is 0 Å². The molecular weight excluding hydrogens is 384 g/mol. The molecule has 0 spiro atoms. The molecule has 1 unspecified atom stereocenters. The third-order valence-corrected chi connectivity index (χ3v) is 6.42. The standard InChI is InChI=1S/C20H21ClN2O3S/c1-20(12-14-4-2-3-5-16(14)18(24)26-20)19(25)23-10-8-22(9-11-23)13-15-6-7-17(21)27-15/h2-7H,8-13H2,1H3. The zero-order chi connectivity index (χ0) is 19.0. The molecule has 0 saturated carbocycles. The summed E-state index contributed by atoms with van der Waals surface area (Å²) in [7, 11) is 0. The monoisotopic (exact) mass is 404 g/mol. The topological polar surface area (TPSA) is 49.9 Å². The molecule has 0 aliphatic carbocycles. The van der Waals surface area contributed by atoms with Gasteiger partial charge in [-0.05, 0) is 30.7 Å². The van der Waals surface area contributed by atoms with Gasteiger partial charge >= 0.3 is 5.97 Å². The number of thiophene rings is 1. The van der Waals surface area contributed by atoms with E-state index in [1.165, 1.54) is 4.88 Å². The number of amides is 1. The lowest BCUT2D eigenvalue weighted by Crippen LogP contribution is -2.57. The molecule has 3 heterocycles. The van der Waals surface area contributed by atoms with E-state index < -0.39 is 11.6 Å². The quantitative estimate of drug-likeness (QED) is 0.737. The minimum Gasteiger partial charge on any atom is -0.445 e. The van der Waals surface area contributed by atoms with E-state index in [0.717, 1.165) is 29.5 Å². The van der Waals surface area contributed by atoms with E-state index in [1.807, 2.05) is 35.2 Å². The second-order valence-corrected chi connectivity index (χ2v) is 9.03. The van der Waals surface area contributed by atoms with Crippen LogP contribution >= 0.6 is 22.9 Å². The number of rotatable bonds is 3. The van der Waals surface area contributed by atoms with Crippen molar-refractivity contribution in [1.29, 1.82) is 0 Å². The fraction of sp³-hybridized carbons (Fsp3) is 0.400. The zero-order valence-corrected chi connectivity index (χ0v) is 16.7. The number of nitrogens with zero attached hydrogens (tertiary/aromatic N) is 2. The van der Waals surface area contributed by atoms with Crippen LogP contribution in [0.1, 0.15) is 27.7 Å². The first-order chi connectivity index (χ1) is 12.9. The van der Waals surface area contributed by atoms with Gasteiger partial charge in [0, 0.05) is 44.0 Å². The number of carbonyl (C=O) groups excluding carboxylic acids is 2. The first-order valence-corrected chi connectivity index (χ1v) is 10.2. The lowest BCUT2D eigenvalue weighted by atomic mass is 9.88. The summed E-state index contributed by atoms with van der Waals surface area (Å²) >= 11 is 7.59. The average molecular weight is 405 g/mol. The van der Waals surface area contributed by atoms with Gasteiger partial charge in [0.15, 0.2) is 5.60 Å². The van der Waals surface area contributed by atoms with Crippen LogP contribution in [0.3, 0.4) is 0 Å². The summed E-state index contributed by atoms with van der Waals surface area (Å²) in [5, 5.41) is 0. The Morgan fingerprint density at radius 2 is 1.93 bits per heavy atom. The first-order valence-electron chi connectivity index (χ1n) is 9.02. The van der Waals surface area contributed by atoms with Gasteiger partial charge in [0.05, 0.1) is 9.90 Å². The van der Waals surface area contributed by atoms with E-state index in [0.29, 0.717) is 25.1 Å². The molecule has 2 aromatic rings. The highest BCUT2D eigenvalue weighted by atomic mass is 35.5. The summed E-state index contributed by atoms with van der Waals surface area (Å²) in [6, 6.07) is 11.3. The molecule has 7 heteroatoms. The molecule has 5 nitrogen and oxygen atoms in total. The number of hydrogen-bond donors (Lipinski definition) is 0. The third kappa shape index (κ3) is 3.74. The number of halogens is 1. The third-order valence-electron chi connectivity index (χ3n) is 5.20. The van der Waals surface area contributed by atoms with Gasteiger partial charge in [-0.25, -0.2) is 4.79 Å². The second kappa shape index (κ2) is 7.26. The summed E-state index contributed by atoms with van der Waals surface area (Å²) in [5.74, 6) is -0.523. The highest BCUT2D eigenvalue weighted by Crippen LogP contribution is 2.30. The molecule has 1 fully saturated rings. The number of hydrogen-bond acceptors (Lipinski definition) is 5. The number of ether oxygens (including phenoxy) is 1. The van der Waals surface area contributed by atoms with Gasteiger partial charge in [-0.3, -0.25) is 9.69 Å². The van der Waals surface area contributed by atoms with Crippen molar-refractivity contribution in [1.82, 2.24) is 9.80 Å². The Balaban J connectivity index is 1.40. The Morgan fingerprint density at radius 1 is 1.19 bits per heavy atom. The van der Waals surface area contributed by atoms with E-state index in [4.69, 9.17) is 16.3 Å². The smallest absolute Gasteiger partial charge is 0.339 e. The maximum atomic E-state index is 13.1. The minimum absolute atomic E-state index is 0.107. The Hall–Kier alpha value is -1.89. The normalized spacial score (nSPS) is 23.0. The minimum atomic E-state index is -1.13. The summed E-state index contributed by atoms with van der Waals surface area (Å²) in [6.07, 6.45) is 0.418. The first kappa shape index (κ1) is 18.5. The van der Waals surface area contributed by atoms with E-state index in [-0.39, 0.29) is 5.91 Å². The molecule has 1 amide bonds.